The first kappa shape index (κ1) is 16.1. The molecule has 0 saturated carbocycles. The molecule has 1 heterocycles. The highest BCUT2D eigenvalue weighted by atomic mass is 79.9. The van der Waals surface area contributed by atoms with E-state index in [4.69, 9.17) is 9.47 Å². The van der Waals surface area contributed by atoms with Crippen molar-refractivity contribution in [3.8, 4) is 5.75 Å². The normalized spacial score (nSPS) is 14.6. The molecular weight excluding hydrogens is 356 g/mol. The Morgan fingerprint density at radius 3 is 2.52 bits per heavy atom. The van der Waals surface area contributed by atoms with Gasteiger partial charge in [0.2, 0.25) is 0 Å². The van der Waals surface area contributed by atoms with Gasteiger partial charge in [0.25, 0.3) is 0 Å². The summed E-state index contributed by atoms with van der Waals surface area (Å²) in [6.07, 6.45) is 0. The van der Waals surface area contributed by atoms with Gasteiger partial charge in [-0.2, -0.15) is 0 Å². The first-order valence-electron chi connectivity index (χ1n) is 7.75. The van der Waals surface area contributed by atoms with Crippen LogP contribution in [0.1, 0.15) is 5.56 Å². The number of morpholine rings is 1. The smallest absolute Gasteiger partial charge is 0.133 e. The molecule has 0 aromatic heterocycles. The number of benzene rings is 2. The van der Waals surface area contributed by atoms with Crippen LogP contribution in [0.5, 0.6) is 5.75 Å². The maximum atomic E-state index is 5.39. The molecule has 1 N–H and O–H groups in total. The van der Waals surface area contributed by atoms with Gasteiger partial charge in [-0.25, -0.2) is 0 Å². The molecule has 0 radical (unpaired) electrons. The Kier molecular flexibility index (Phi) is 5.41. The summed E-state index contributed by atoms with van der Waals surface area (Å²) in [4.78, 5) is 2.36. The second-order valence-corrected chi connectivity index (χ2v) is 6.32. The molecular formula is C18H21BrN2O2. The van der Waals surface area contributed by atoms with Gasteiger partial charge in [-0.1, -0.05) is 6.07 Å². The van der Waals surface area contributed by atoms with Crippen molar-refractivity contribution in [1.29, 1.82) is 0 Å². The minimum Gasteiger partial charge on any atom is -0.496 e. The van der Waals surface area contributed by atoms with Crippen molar-refractivity contribution < 1.29 is 9.47 Å². The van der Waals surface area contributed by atoms with E-state index in [-0.39, 0.29) is 0 Å². The van der Waals surface area contributed by atoms with Crippen LogP contribution < -0.4 is 15.0 Å². The van der Waals surface area contributed by atoms with E-state index in [0.29, 0.717) is 0 Å². The van der Waals surface area contributed by atoms with Crippen LogP contribution in [0, 0.1) is 0 Å². The van der Waals surface area contributed by atoms with Crippen LogP contribution >= 0.6 is 15.9 Å². The van der Waals surface area contributed by atoms with E-state index < -0.39 is 0 Å². The van der Waals surface area contributed by atoms with Gasteiger partial charge in [0.05, 0.1) is 24.8 Å². The number of ether oxygens (including phenoxy) is 2. The summed E-state index contributed by atoms with van der Waals surface area (Å²) in [5, 5.41) is 3.45. The SMILES string of the molecule is COc1ccc(CNc2ccc(N3CCOCC3)cc2)cc1Br. The number of nitrogens with zero attached hydrogens (tertiary/aromatic N) is 1. The fourth-order valence-corrected chi connectivity index (χ4v) is 3.22. The van der Waals surface area contributed by atoms with E-state index in [0.717, 1.165) is 48.8 Å². The largest absolute Gasteiger partial charge is 0.496 e. The fraction of sp³-hybridized carbons (Fsp3) is 0.333. The molecule has 2 aromatic carbocycles. The van der Waals surface area contributed by atoms with Crippen LogP contribution in [0.2, 0.25) is 0 Å². The zero-order valence-corrected chi connectivity index (χ0v) is 14.8. The van der Waals surface area contributed by atoms with Crippen LogP contribution in [-0.4, -0.2) is 33.4 Å². The number of hydrogen-bond donors (Lipinski definition) is 1. The molecule has 4 nitrogen and oxygen atoms in total. The molecule has 0 spiro atoms. The first-order valence-corrected chi connectivity index (χ1v) is 8.54. The third kappa shape index (κ3) is 4.18. The highest BCUT2D eigenvalue weighted by molar-refractivity contribution is 9.10. The molecule has 23 heavy (non-hydrogen) atoms. The molecule has 122 valence electrons. The second kappa shape index (κ2) is 7.70. The van der Waals surface area contributed by atoms with E-state index in [9.17, 15) is 0 Å². The van der Waals surface area contributed by atoms with Gasteiger partial charge < -0.3 is 19.7 Å². The molecule has 0 atom stereocenters. The third-order valence-corrected chi connectivity index (χ3v) is 4.58. The molecule has 2 aromatic rings. The van der Waals surface area contributed by atoms with Crippen LogP contribution in [-0.2, 0) is 11.3 Å². The summed E-state index contributed by atoms with van der Waals surface area (Å²) in [5.41, 5.74) is 3.58. The maximum absolute atomic E-state index is 5.39. The second-order valence-electron chi connectivity index (χ2n) is 5.47. The van der Waals surface area contributed by atoms with Gasteiger partial charge in [0.1, 0.15) is 5.75 Å². The number of anilines is 2. The predicted molar refractivity (Wildman–Crippen MR) is 97.5 cm³/mol. The number of methoxy groups -OCH3 is 1. The minimum atomic E-state index is 0.777. The lowest BCUT2D eigenvalue weighted by Crippen LogP contribution is -2.36. The summed E-state index contributed by atoms with van der Waals surface area (Å²) >= 11 is 3.52. The van der Waals surface area contributed by atoms with Crippen LogP contribution in [0.4, 0.5) is 11.4 Å². The monoisotopic (exact) mass is 376 g/mol. The average molecular weight is 377 g/mol. The number of halogens is 1. The van der Waals surface area contributed by atoms with E-state index in [1.165, 1.54) is 11.3 Å². The molecule has 1 fully saturated rings. The first-order chi connectivity index (χ1) is 11.3. The topological polar surface area (TPSA) is 33.7 Å². The zero-order chi connectivity index (χ0) is 16.1. The molecule has 1 aliphatic heterocycles. The van der Waals surface area contributed by atoms with Crippen molar-refractivity contribution in [2.24, 2.45) is 0 Å². The Hall–Kier alpha value is -1.72. The van der Waals surface area contributed by atoms with Gasteiger partial charge in [-0.15, -0.1) is 0 Å². The van der Waals surface area contributed by atoms with E-state index in [2.05, 4.69) is 62.5 Å². The lowest BCUT2D eigenvalue weighted by molar-refractivity contribution is 0.122. The Balaban J connectivity index is 1.59. The Bertz CT molecular complexity index is 640. The minimum absolute atomic E-state index is 0.777. The molecule has 0 amide bonds. The van der Waals surface area contributed by atoms with Crippen molar-refractivity contribution in [3.63, 3.8) is 0 Å². The van der Waals surface area contributed by atoms with Crippen molar-refractivity contribution in [1.82, 2.24) is 0 Å². The van der Waals surface area contributed by atoms with Crippen molar-refractivity contribution in [2.45, 2.75) is 6.54 Å². The van der Waals surface area contributed by atoms with Crippen molar-refractivity contribution >= 4 is 27.3 Å². The maximum Gasteiger partial charge on any atom is 0.133 e. The molecule has 0 unspecified atom stereocenters. The molecule has 1 aliphatic rings. The highest BCUT2D eigenvalue weighted by Gasteiger charge is 2.10. The predicted octanol–water partition coefficient (Wildman–Crippen LogP) is 3.91. The number of hydrogen-bond acceptors (Lipinski definition) is 4. The Morgan fingerprint density at radius 1 is 1.13 bits per heavy atom. The Morgan fingerprint density at radius 2 is 1.87 bits per heavy atom. The molecule has 0 aliphatic carbocycles. The van der Waals surface area contributed by atoms with E-state index in [1.54, 1.807) is 7.11 Å². The van der Waals surface area contributed by atoms with E-state index in [1.807, 2.05) is 6.07 Å². The third-order valence-electron chi connectivity index (χ3n) is 3.96. The summed E-state index contributed by atoms with van der Waals surface area (Å²) in [6, 6.07) is 14.7. The quantitative estimate of drug-likeness (QED) is 0.857. The standard InChI is InChI=1S/C18H21BrN2O2/c1-22-18-7-2-14(12-17(18)19)13-20-15-3-5-16(6-4-15)21-8-10-23-11-9-21/h2-7,12,20H,8-11,13H2,1H3. The van der Waals surface area contributed by atoms with Gasteiger partial charge in [-0.3, -0.25) is 0 Å². The molecule has 5 heteroatoms. The lowest BCUT2D eigenvalue weighted by Gasteiger charge is -2.28. The van der Waals surface area contributed by atoms with E-state index >= 15 is 0 Å². The lowest BCUT2D eigenvalue weighted by atomic mass is 10.2. The Labute approximate surface area is 145 Å². The molecule has 1 saturated heterocycles. The summed E-state index contributed by atoms with van der Waals surface area (Å²) < 4.78 is 11.6. The van der Waals surface area contributed by atoms with Crippen LogP contribution in [0.3, 0.4) is 0 Å². The summed E-state index contributed by atoms with van der Waals surface area (Å²) in [7, 11) is 1.67. The van der Waals surface area contributed by atoms with Crippen molar-refractivity contribution in [3.05, 3.63) is 52.5 Å². The number of nitrogens with one attached hydrogen (secondary N) is 1. The summed E-state index contributed by atoms with van der Waals surface area (Å²) in [6.45, 7) is 4.33. The fourth-order valence-electron chi connectivity index (χ4n) is 2.64. The van der Waals surface area contributed by atoms with Gasteiger partial charge in [-0.05, 0) is 57.9 Å². The van der Waals surface area contributed by atoms with Crippen molar-refractivity contribution in [2.75, 3.05) is 43.6 Å². The number of rotatable bonds is 5. The summed E-state index contributed by atoms with van der Waals surface area (Å²) in [5.74, 6) is 0.851. The molecule has 3 rings (SSSR count). The van der Waals surface area contributed by atoms with Crippen LogP contribution in [0.15, 0.2) is 46.9 Å². The average Bonchev–Trinajstić information content (AvgIpc) is 2.61. The highest BCUT2D eigenvalue weighted by Crippen LogP contribution is 2.26. The van der Waals surface area contributed by atoms with Gasteiger partial charge >= 0.3 is 0 Å². The van der Waals surface area contributed by atoms with Crippen LogP contribution in [0.25, 0.3) is 0 Å². The van der Waals surface area contributed by atoms with Gasteiger partial charge in [0.15, 0.2) is 0 Å². The zero-order valence-electron chi connectivity index (χ0n) is 13.2. The molecule has 0 bridgehead atoms. The van der Waals surface area contributed by atoms with Gasteiger partial charge in [0, 0.05) is 31.0 Å².